The fourth-order valence-corrected chi connectivity index (χ4v) is 8.58. The highest BCUT2D eigenvalue weighted by molar-refractivity contribution is 7.89. The van der Waals surface area contributed by atoms with Crippen LogP contribution in [0.3, 0.4) is 0 Å². The number of likely N-dealkylation sites (tertiary alicyclic amines) is 1. The zero-order valence-electron chi connectivity index (χ0n) is 23.1. The first-order valence-electron chi connectivity index (χ1n) is 14.1. The molecule has 0 spiro atoms. The number of hydrogen-bond donors (Lipinski definition) is 1. The van der Waals surface area contributed by atoms with Gasteiger partial charge in [0.2, 0.25) is 21.1 Å². The van der Waals surface area contributed by atoms with E-state index < -0.39 is 27.0 Å². The monoisotopic (exact) mass is 641 g/mol. The van der Waals surface area contributed by atoms with Gasteiger partial charge in [0.1, 0.15) is 17.7 Å². The molecule has 4 aliphatic rings. The molecule has 3 aromatic heterocycles. The van der Waals surface area contributed by atoms with Gasteiger partial charge in [-0.3, -0.25) is 9.36 Å². The number of halogens is 2. The van der Waals surface area contributed by atoms with Crippen molar-refractivity contribution in [3.63, 3.8) is 0 Å². The number of aromatic nitrogens is 5. The topological polar surface area (TPSA) is 159 Å². The van der Waals surface area contributed by atoms with E-state index in [4.69, 9.17) is 4.74 Å². The number of fused-ring (bicyclic) bond motifs is 4. The zero-order chi connectivity index (χ0) is 30.4. The van der Waals surface area contributed by atoms with Crippen LogP contribution in [0, 0.1) is 29.1 Å². The van der Waals surface area contributed by atoms with Gasteiger partial charge in [-0.15, -0.1) is 10.2 Å². The third-order valence-electron chi connectivity index (χ3n) is 9.00. The first-order chi connectivity index (χ1) is 21.2. The summed E-state index contributed by atoms with van der Waals surface area (Å²) in [6, 6.07) is 6.57. The number of alkyl halides is 2. The maximum atomic E-state index is 13.5. The zero-order valence-corrected chi connectivity index (χ0v) is 24.7. The van der Waals surface area contributed by atoms with E-state index in [1.54, 1.807) is 6.07 Å². The molecule has 0 bridgehead atoms. The molecule has 44 heavy (non-hydrogen) atoms. The van der Waals surface area contributed by atoms with E-state index in [0.29, 0.717) is 91.3 Å². The first kappa shape index (κ1) is 27.7. The summed E-state index contributed by atoms with van der Waals surface area (Å²) in [6.45, 7) is 3.60. The number of hydrogen-bond acceptors (Lipinski definition) is 11. The van der Waals surface area contributed by atoms with Crippen LogP contribution in [-0.4, -0.2) is 88.9 Å². The quantitative estimate of drug-likeness (QED) is 0.317. The van der Waals surface area contributed by atoms with Crippen LogP contribution >= 0.6 is 11.3 Å². The van der Waals surface area contributed by atoms with Crippen LogP contribution in [0.5, 0.6) is 0 Å². The van der Waals surface area contributed by atoms with E-state index in [1.807, 2.05) is 11.0 Å². The number of anilines is 1. The predicted octanol–water partition coefficient (Wildman–Crippen LogP) is 2.24. The van der Waals surface area contributed by atoms with Gasteiger partial charge in [-0.1, -0.05) is 17.4 Å². The third-order valence-corrected chi connectivity index (χ3v) is 11.4. The van der Waals surface area contributed by atoms with Crippen molar-refractivity contribution >= 4 is 55.0 Å². The molecule has 1 saturated carbocycles. The van der Waals surface area contributed by atoms with E-state index >= 15 is 0 Å². The molecule has 0 radical (unpaired) electrons. The minimum Gasteiger partial charge on any atom is -0.380 e. The summed E-state index contributed by atoms with van der Waals surface area (Å²) in [5.41, 5.74) is -0.370. The van der Waals surface area contributed by atoms with Crippen LogP contribution in [0.1, 0.15) is 24.3 Å². The Kier molecular flexibility index (Phi) is 6.18. The second kappa shape index (κ2) is 9.83. The highest BCUT2D eigenvalue weighted by Gasteiger charge is 2.47. The molecule has 4 fully saturated rings. The molecule has 1 amide bonds. The van der Waals surface area contributed by atoms with Crippen LogP contribution < -0.4 is 9.62 Å². The number of sulfonamides is 1. The summed E-state index contributed by atoms with van der Waals surface area (Å²) in [5.74, 6) is 1.24. The van der Waals surface area contributed by atoms with Gasteiger partial charge in [-0.2, -0.15) is 9.98 Å². The number of amides is 1. The molecular formula is C27H25F2N9O4S2. The van der Waals surface area contributed by atoms with Crippen LogP contribution in [0.4, 0.5) is 14.6 Å². The summed E-state index contributed by atoms with van der Waals surface area (Å²) in [5, 5.41) is 18.0. The molecule has 1 aromatic carbocycles. The fraction of sp³-hybridized carbons (Fsp3) is 0.481. The van der Waals surface area contributed by atoms with Crippen molar-refractivity contribution in [2.24, 2.45) is 17.8 Å². The molecule has 3 saturated heterocycles. The summed E-state index contributed by atoms with van der Waals surface area (Å²) in [7, 11) is -4.08. The number of ether oxygens (including phenoxy) is 1. The van der Waals surface area contributed by atoms with Gasteiger partial charge < -0.3 is 14.5 Å². The van der Waals surface area contributed by atoms with Crippen molar-refractivity contribution in [2.75, 3.05) is 44.3 Å². The van der Waals surface area contributed by atoms with Gasteiger partial charge in [0.15, 0.2) is 10.7 Å². The molecule has 8 rings (SSSR count). The Morgan fingerprint density at radius 3 is 2.50 bits per heavy atom. The SMILES string of the molecule is N#CC1(NS(=O)(=O)c2ccc3c4c(N5CC6CN(C(=O)C7COC7)CC6C5)ncnc4n(-c4nnc(C(F)F)s4)c3c2)CC1. The maximum Gasteiger partial charge on any atom is 0.291 e. The number of nitriles is 1. The Bertz CT molecular complexity index is 1970. The van der Waals surface area contributed by atoms with Crippen LogP contribution in [0.15, 0.2) is 29.4 Å². The maximum absolute atomic E-state index is 13.5. The van der Waals surface area contributed by atoms with Gasteiger partial charge in [0.05, 0.1) is 41.0 Å². The minimum atomic E-state index is -4.08. The highest BCUT2D eigenvalue weighted by Crippen LogP contribution is 2.42. The lowest BCUT2D eigenvalue weighted by Gasteiger charge is -2.30. The average Bonchev–Trinajstić information content (AvgIpc) is 3.36. The molecule has 13 nitrogen and oxygen atoms in total. The Morgan fingerprint density at radius 2 is 1.89 bits per heavy atom. The van der Waals surface area contributed by atoms with Gasteiger partial charge in [-0.25, -0.2) is 27.2 Å². The summed E-state index contributed by atoms with van der Waals surface area (Å²) in [4.78, 5) is 25.9. The number of nitrogens with one attached hydrogen (secondary N) is 1. The fourth-order valence-electron chi connectivity index (χ4n) is 6.47. The van der Waals surface area contributed by atoms with Crippen LogP contribution in [0.25, 0.3) is 27.1 Å². The molecule has 6 heterocycles. The van der Waals surface area contributed by atoms with E-state index in [2.05, 4.69) is 29.8 Å². The van der Waals surface area contributed by atoms with Crippen molar-refractivity contribution < 1.29 is 26.7 Å². The molecule has 1 N–H and O–H groups in total. The van der Waals surface area contributed by atoms with E-state index in [-0.39, 0.29) is 33.7 Å². The molecule has 17 heteroatoms. The smallest absolute Gasteiger partial charge is 0.291 e. The van der Waals surface area contributed by atoms with E-state index in [0.717, 1.165) is 0 Å². The number of carbonyl (C=O) groups excluding carboxylic acids is 1. The second-order valence-electron chi connectivity index (χ2n) is 11.8. The van der Waals surface area contributed by atoms with E-state index in [1.165, 1.54) is 23.0 Å². The van der Waals surface area contributed by atoms with Crippen molar-refractivity contribution in [2.45, 2.75) is 29.7 Å². The lowest BCUT2D eigenvalue weighted by Crippen LogP contribution is -2.44. The number of benzene rings is 1. The Balaban J connectivity index is 1.21. The van der Waals surface area contributed by atoms with E-state index in [9.17, 15) is 27.3 Å². The minimum absolute atomic E-state index is 0.0536. The van der Waals surface area contributed by atoms with Gasteiger partial charge in [-0.05, 0) is 25.0 Å². The molecule has 228 valence electrons. The molecule has 2 atom stereocenters. The third kappa shape index (κ3) is 4.34. The highest BCUT2D eigenvalue weighted by atomic mass is 32.2. The van der Waals surface area contributed by atoms with Crippen LogP contribution in [0.2, 0.25) is 0 Å². The predicted molar refractivity (Wildman–Crippen MR) is 153 cm³/mol. The summed E-state index contributed by atoms with van der Waals surface area (Å²) >= 11 is 0.691. The Labute approximate surface area is 253 Å². The van der Waals surface area contributed by atoms with Crippen molar-refractivity contribution in [3.05, 3.63) is 29.5 Å². The molecule has 3 aliphatic heterocycles. The Morgan fingerprint density at radius 1 is 1.14 bits per heavy atom. The molecule has 2 unspecified atom stereocenters. The van der Waals surface area contributed by atoms with Crippen molar-refractivity contribution in [1.29, 1.82) is 5.26 Å². The number of nitrogens with zero attached hydrogens (tertiary/aromatic N) is 8. The Hall–Kier alpha value is -3.85. The van der Waals surface area contributed by atoms with Gasteiger partial charge in [0, 0.05) is 43.4 Å². The number of rotatable bonds is 7. The molecule has 1 aliphatic carbocycles. The molecular weight excluding hydrogens is 616 g/mol. The normalized spacial score (nSPS) is 23.0. The van der Waals surface area contributed by atoms with Crippen LogP contribution in [-0.2, 0) is 19.6 Å². The van der Waals surface area contributed by atoms with Crippen molar-refractivity contribution in [3.8, 4) is 11.2 Å². The average molecular weight is 642 g/mol. The van der Waals surface area contributed by atoms with Gasteiger partial charge in [0.25, 0.3) is 6.43 Å². The van der Waals surface area contributed by atoms with Gasteiger partial charge >= 0.3 is 0 Å². The lowest BCUT2D eigenvalue weighted by molar-refractivity contribution is -0.149. The number of carbonyl (C=O) groups is 1. The summed E-state index contributed by atoms with van der Waals surface area (Å²) < 4.78 is 62.9. The summed E-state index contributed by atoms with van der Waals surface area (Å²) in [6.07, 6.45) is -0.590. The molecule has 4 aromatic rings. The second-order valence-corrected chi connectivity index (χ2v) is 14.5. The largest absolute Gasteiger partial charge is 0.380 e. The standard InChI is InChI=1S/C27H25F2N9O4S2/c28-21(29)24-33-34-26(43-24)38-19-5-17(44(40,41)35-27(12-30)3-4-27)1-2-18(19)20-22(31-13-32-23(20)38)36-6-14-8-37(9-15(14)7-36)25(39)16-10-42-11-16/h1-2,5,13-16,21,35H,3-4,6-11H2. The van der Waals surface area contributed by atoms with Crippen molar-refractivity contribution in [1.82, 2.24) is 34.4 Å². The lowest BCUT2D eigenvalue weighted by atomic mass is 10.0. The first-order valence-corrected chi connectivity index (χ1v) is 16.4.